The van der Waals surface area contributed by atoms with E-state index in [2.05, 4.69) is 32.5 Å². The number of likely N-dealkylation sites (tertiary alicyclic amines) is 2. The number of nitrogens with one attached hydrogen (secondary N) is 2. The summed E-state index contributed by atoms with van der Waals surface area (Å²) in [4.78, 5) is 9.66. The van der Waals surface area contributed by atoms with Gasteiger partial charge >= 0.3 is 0 Å². The van der Waals surface area contributed by atoms with Crippen LogP contribution >= 0.6 is 24.0 Å². The lowest BCUT2D eigenvalue weighted by Crippen LogP contribution is -2.62. The lowest BCUT2D eigenvalue weighted by atomic mass is 9.84. The Morgan fingerprint density at radius 1 is 1.03 bits per heavy atom. The normalized spacial score (nSPS) is 19.9. The van der Waals surface area contributed by atoms with E-state index in [0.29, 0.717) is 6.54 Å². The van der Waals surface area contributed by atoms with Gasteiger partial charge in [0.05, 0.1) is 14.2 Å². The Morgan fingerprint density at radius 3 is 2.35 bits per heavy atom. The van der Waals surface area contributed by atoms with Crippen LogP contribution in [0.1, 0.15) is 37.7 Å². The molecule has 2 fully saturated rings. The van der Waals surface area contributed by atoms with Crippen molar-refractivity contribution in [1.29, 1.82) is 0 Å². The van der Waals surface area contributed by atoms with Crippen molar-refractivity contribution in [1.82, 2.24) is 20.4 Å². The summed E-state index contributed by atoms with van der Waals surface area (Å²) in [5.41, 5.74) is 1.30. The van der Waals surface area contributed by atoms with E-state index in [9.17, 15) is 0 Å². The highest BCUT2D eigenvalue weighted by Crippen LogP contribution is 2.31. The molecule has 2 aliphatic heterocycles. The van der Waals surface area contributed by atoms with E-state index in [1.807, 2.05) is 25.2 Å². The van der Waals surface area contributed by atoms with Gasteiger partial charge in [0.25, 0.3) is 0 Å². The minimum Gasteiger partial charge on any atom is -0.497 e. The van der Waals surface area contributed by atoms with Gasteiger partial charge in [0, 0.05) is 37.3 Å². The fraction of sp³-hybridized carbons (Fsp3) is 0.696. The Bertz CT molecular complexity index is 701. The molecule has 0 radical (unpaired) electrons. The lowest BCUT2D eigenvalue weighted by molar-refractivity contribution is 0.0173. The molecule has 2 aliphatic rings. The Kier molecular flexibility index (Phi) is 10.6. The van der Waals surface area contributed by atoms with E-state index in [-0.39, 0.29) is 29.5 Å². The third kappa shape index (κ3) is 6.86. The van der Waals surface area contributed by atoms with Crippen LogP contribution in [0.3, 0.4) is 0 Å². The van der Waals surface area contributed by atoms with Crippen molar-refractivity contribution in [2.75, 3.05) is 61.0 Å². The molecule has 176 valence electrons. The largest absolute Gasteiger partial charge is 0.497 e. The SMILES string of the molecule is CN=C(NCc1ccc(OC)cc1OC)NCC1(N2CCCCC2)CCN(C)CC1.I. The molecule has 1 aromatic rings. The maximum Gasteiger partial charge on any atom is 0.191 e. The summed E-state index contributed by atoms with van der Waals surface area (Å²) < 4.78 is 10.8. The van der Waals surface area contributed by atoms with Crippen molar-refractivity contribution in [3.8, 4) is 11.5 Å². The van der Waals surface area contributed by atoms with Crippen molar-refractivity contribution < 1.29 is 9.47 Å². The van der Waals surface area contributed by atoms with Crippen molar-refractivity contribution in [3.63, 3.8) is 0 Å². The minimum atomic E-state index is 0. The Morgan fingerprint density at radius 2 is 1.74 bits per heavy atom. The number of hydrogen-bond donors (Lipinski definition) is 2. The first-order valence-corrected chi connectivity index (χ1v) is 11.2. The van der Waals surface area contributed by atoms with Gasteiger partial charge in [-0.05, 0) is 71.0 Å². The van der Waals surface area contributed by atoms with Gasteiger partial charge in [-0.15, -0.1) is 24.0 Å². The predicted molar refractivity (Wildman–Crippen MR) is 138 cm³/mol. The second-order valence-electron chi connectivity index (χ2n) is 8.53. The zero-order valence-corrected chi connectivity index (χ0v) is 21.9. The molecule has 31 heavy (non-hydrogen) atoms. The van der Waals surface area contributed by atoms with Crippen LogP contribution in [-0.2, 0) is 6.54 Å². The van der Waals surface area contributed by atoms with Gasteiger partial charge in [-0.3, -0.25) is 9.89 Å². The van der Waals surface area contributed by atoms with Crippen LogP contribution in [0.25, 0.3) is 0 Å². The quantitative estimate of drug-likeness (QED) is 0.312. The molecule has 0 bridgehead atoms. The maximum absolute atomic E-state index is 5.52. The first-order chi connectivity index (χ1) is 14.6. The molecule has 0 unspecified atom stereocenters. The predicted octanol–water partition coefficient (Wildman–Crippen LogP) is 2.94. The number of methoxy groups -OCH3 is 2. The highest BCUT2D eigenvalue weighted by atomic mass is 127. The van der Waals surface area contributed by atoms with Gasteiger partial charge in [0.15, 0.2) is 5.96 Å². The molecule has 8 heteroatoms. The summed E-state index contributed by atoms with van der Waals surface area (Å²) in [6.45, 7) is 6.34. The van der Waals surface area contributed by atoms with E-state index in [4.69, 9.17) is 9.47 Å². The maximum atomic E-state index is 5.52. The van der Waals surface area contributed by atoms with Crippen LogP contribution in [0, 0.1) is 0 Å². The molecule has 0 amide bonds. The van der Waals surface area contributed by atoms with Crippen LogP contribution in [0.5, 0.6) is 11.5 Å². The van der Waals surface area contributed by atoms with Gasteiger partial charge in [-0.1, -0.05) is 6.42 Å². The molecule has 3 rings (SSSR count). The molecule has 2 heterocycles. The smallest absolute Gasteiger partial charge is 0.191 e. The summed E-state index contributed by atoms with van der Waals surface area (Å²) in [5.74, 6) is 2.45. The van der Waals surface area contributed by atoms with Crippen LogP contribution in [0.2, 0.25) is 0 Å². The number of nitrogens with zero attached hydrogens (tertiary/aromatic N) is 3. The topological polar surface area (TPSA) is 61.4 Å². The average molecular weight is 546 g/mol. The van der Waals surface area contributed by atoms with Crippen LogP contribution in [0.15, 0.2) is 23.2 Å². The zero-order valence-electron chi connectivity index (χ0n) is 19.6. The monoisotopic (exact) mass is 545 g/mol. The number of benzene rings is 1. The molecule has 0 saturated carbocycles. The van der Waals surface area contributed by atoms with Gasteiger partial charge in [-0.25, -0.2) is 0 Å². The molecule has 1 aromatic carbocycles. The lowest BCUT2D eigenvalue weighted by Gasteiger charge is -2.50. The third-order valence-electron chi connectivity index (χ3n) is 6.69. The number of aliphatic imine (C=N–C) groups is 1. The summed E-state index contributed by atoms with van der Waals surface area (Å²) in [6, 6.07) is 5.90. The van der Waals surface area contributed by atoms with E-state index < -0.39 is 0 Å². The first-order valence-electron chi connectivity index (χ1n) is 11.2. The van der Waals surface area contributed by atoms with E-state index in [0.717, 1.165) is 42.7 Å². The molecule has 2 saturated heterocycles. The average Bonchev–Trinajstić information content (AvgIpc) is 2.81. The second kappa shape index (κ2) is 12.7. The summed E-state index contributed by atoms with van der Waals surface area (Å²) >= 11 is 0. The molecular formula is C23H40IN5O2. The van der Waals surface area contributed by atoms with Crippen molar-refractivity contribution >= 4 is 29.9 Å². The van der Waals surface area contributed by atoms with Crippen LogP contribution < -0.4 is 20.1 Å². The molecule has 7 nitrogen and oxygen atoms in total. The molecule has 2 N–H and O–H groups in total. The van der Waals surface area contributed by atoms with Crippen molar-refractivity contribution in [2.45, 2.75) is 44.2 Å². The third-order valence-corrected chi connectivity index (χ3v) is 6.69. The van der Waals surface area contributed by atoms with Crippen molar-refractivity contribution in [3.05, 3.63) is 23.8 Å². The van der Waals surface area contributed by atoms with E-state index >= 15 is 0 Å². The highest BCUT2D eigenvalue weighted by molar-refractivity contribution is 14.0. The standard InChI is InChI=1S/C23H39N5O2.HI/c1-24-22(25-17-19-8-9-20(29-3)16-21(19)30-4)26-18-23(10-14-27(2)15-11-23)28-12-6-5-7-13-28;/h8-9,16H,5-7,10-15,17-18H2,1-4H3,(H2,24,25,26);1H. The second-order valence-corrected chi connectivity index (χ2v) is 8.53. The molecular weight excluding hydrogens is 505 g/mol. The van der Waals surface area contributed by atoms with Gasteiger partial charge in [0.2, 0.25) is 0 Å². The minimum absolute atomic E-state index is 0. The van der Waals surface area contributed by atoms with Gasteiger partial charge < -0.3 is 25.0 Å². The van der Waals surface area contributed by atoms with Crippen molar-refractivity contribution in [2.24, 2.45) is 4.99 Å². The summed E-state index contributed by atoms with van der Waals surface area (Å²) in [7, 11) is 7.42. The Balaban J connectivity index is 0.00000341. The Hall–Kier alpha value is -1.26. The van der Waals surface area contributed by atoms with E-state index in [1.165, 1.54) is 45.2 Å². The number of halogens is 1. The van der Waals surface area contributed by atoms with Gasteiger partial charge in [0.1, 0.15) is 11.5 Å². The molecule has 0 aliphatic carbocycles. The highest BCUT2D eigenvalue weighted by Gasteiger charge is 2.39. The molecule has 0 atom stereocenters. The summed E-state index contributed by atoms with van der Waals surface area (Å²) in [5, 5.41) is 7.09. The number of guanidine groups is 1. The fourth-order valence-electron chi connectivity index (χ4n) is 4.65. The number of rotatable bonds is 7. The molecule has 0 spiro atoms. The number of piperidine rings is 2. The zero-order chi connectivity index (χ0) is 21.4. The number of hydrogen-bond acceptors (Lipinski definition) is 5. The fourth-order valence-corrected chi connectivity index (χ4v) is 4.65. The van der Waals surface area contributed by atoms with Crippen LogP contribution in [-0.4, -0.2) is 82.3 Å². The van der Waals surface area contributed by atoms with Crippen LogP contribution in [0.4, 0.5) is 0 Å². The first kappa shape index (κ1) is 26.0. The van der Waals surface area contributed by atoms with Gasteiger partial charge in [-0.2, -0.15) is 0 Å². The Labute approximate surface area is 205 Å². The number of ether oxygens (including phenoxy) is 2. The molecule has 0 aromatic heterocycles. The van der Waals surface area contributed by atoms with E-state index in [1.54, 1.807) is 14.2 Å². The summed E-state index contributed by atoms with van der Waals surface area (Å²) in [6.07, 6.45) is 6.43.